The van der Waals surface area contributed by atoms with Crippen LogP contribution in [0, 0.1) is 17.0 Å². The third kappa shape index (κ3) is 3.13. The largest absolute Gasteiger partial charge is 0.326 e. The van der Waals surface area contributed by atoms with Gasteiger partial charge in [0.1, 0.15) is 0 Å². The van der Waals surface area contributed by atoms with Gasteiger partial charge in [-0.3, -0.25) is 19.2 Å². The number of nitro groups is 1. The van der Waals surface area contributed by atoms with Crippen LogP contribution in [0.25, 0.3) is 0 Å². The molecular formula is C17H17N3O5S. The highest BCUT2D eigenvalue weighted by molar-refractivity contribution is 7.93. The molecule has 1 amide bonds. The summed E-state index contributed by atoms with van der Waals surface area (Å²) in [5.41, 5.74) is 1.81. The first-order valence-electron chi connectivity index (χ1n) is 7.88. The number of fused-ring (bicyclic) bond motifs is 1. The van der Waals surface area contributed by atoms with E-state index in [1.807, 2.05) is 0 Å². The fraction of sp³-hybridized carbons (Fsp3) is 0.235. The van der Waals surface area contributed by atoms with Gasteiger partial charge in [-0.1, -0.05) is 12.1 Å². The summed E-state index contributed by atoms with van der Waals surface area (Å²) < 4.78 is 27.6. The van der Waals surface area contributed by atoms with Gasteiger partial charge >= 0.3 is 0 Å². The van der Waals surface area contributed by atoms with Gasteiger partial charge in [0.05, 0.1) is 15.5 Å². The molecule has 0 fully saturated rings. The lowest BCUT2D eigenvalue weighted by Crippen LogP contribution is -2.29. The molecule has 0 saturated carbocycles. The molecule has 26 heavy (non-hydrogen) atoms. The summed E-state index contributed by atoms with van der Waals surface area (Å²) in [7, 11) is -3.92. The summed E-state index contributed by atoms with van der Waals surface area (Å²) in [6.07, 6.45) is 0.483. The molecule has 0 radical (unpaired) electrons. The van der Waals surface area contributed by atoms with Crippen LogP contribution >= 0.6 is 0 Å². The Hall–Kier alpha value is -2.94. The van der Waals surface area contributed by atoms with E-state index in [1.165, 1.54) is 29.4 Å². The van der Waals surface area contributed by atoms with Gasteiger partial charge in [-0.25, -0.2) is 8.42 Å². The molecule has 9 heteroatoms. The average Bonchev–Trinajstić information content (AvgIpc) is 2.99. The Balaban J connectivity index is 2.07. The lowest BCUT2D eigenvalue weighted by Gasteiger charge is -2.21. The molecule has 0 unspecified atom stereocenters. The molecule has 0 aliphatic carbocycles. The van der Waals surface area contributed by atoms with E-state index in [4.69, 9.17) is 0 Å². The van der Waals surface area contributed by atoms with E-state index in [1.54, 1.807) is 25.1 Å². The highest BCUT2D eigenvalue weighted by Crippen LogP contribution is 2.36. The van der Waals surface area contributed by atoms with Crippen molar-refractivity contribution in [2.24, 2.45) is 0 Å². The van der Waals surface area contributed by atoms with E-state index < -0.39 is 14.9 Å². The van der Waals surface area contributed by atoms with Crippen molar-refractivity contribution in [1.82, 2.24) is 0 Å². The van der Waals surface area contributed by atoms with Crippen molar-refractivity contribution in [3.63, 3.8) is 0 Å². The third-order valence-electron chi connectivity index (χ3n) is 4.21. The van der Waals surface area contributed by atoms with Crippen molar-refractivity contribution in [2.45, 2.75) is 25.2 Å². The summed E-state index contributed by atoms with van der Waals surface area (Å²) in [5, 5.41) is 13.6. The highest BCUT2D eigenvalue weighted by atomic mass is 32.2. The summed E-state index contributed by atoms with van der Waals surface area (Å²) in [6, 6.07) is 8.89. The Morgan fingerprint density at radius 2 is 1.96 bits per heavy atom. The molecule has 3 rings (SSSR count). The molecule has 1 heterocycles. The number of benzene rings is 2. The van der Waals surface area contributed by atoms with Crippen LogP contribution in [-0.4, -0.2) is 25.8 Å². The number of rotatable bonds is 4. The predicted octanol–water partition coefficient (Wildman–Crippen LogP) is 2.61. The summed E-state index contributed by atoms with van der Waals surface area (Å²) >= 11 is 0. The molecule has 8 nitrogen and oxygen atoms in total. The van der Waals surface area contributed by atoms with Crippen LogP contribution in [0.2, 0.25) is 0 Å². The van der Waals surface area contributed by atoms with Gasteiger partial charge < -0.3 is 5.32 Å². The Morgan fingerprint density at radius 1 is 1.23 bits per heavy atom. The molecule has 2 aromatic carbocycles. The van der Waals surface area contributed by atoms with Crippen LogP contribution in [0.15, 0.2) is 41.3 Å². The minimum atomic E-state index is -3.92. The zero-order valence-electron chi connectivity index (χ0n) is 14.2. The van der Waals surface area contributed by atoms with Gasteiger partial charge in [0.2, 0.25) is 5.91 Å². The quantitative estimate of drug-likeness (QED) is 0.652. The van der Waals surface area contributed by atoms with Crippen LogP contribution in [0.5, 0.6) is 0 Å². The number of aryl methyl sites for hydroxylation is 1. The molecule has 136 valence electrons. The van der Waals surface area contributed by atoms with Crippen molar-refractivity contribution in [3.05, 3.63) is 57.6 Å². The first-order valence-corrected chi connectivity index (χ1v) is 9.32. The van der Waals surface area contributed by atoms with E-state index in [0.717, 1.165) is 5.56 Å². The zero-order valence-corrected chi connectivity index (χ0v) is 15.0. The number of carbonyl (C=O) groups is 1. The predicted molar refractivity (Wildman–Crippen MR) is 96.8 cm³/mol. The van der Waals surface area contributed by atoms with Crippen molar-refractivity contribution in [1.29, 1.82) is 0 Å². The molecule has 0 saturated heterocycles. The van der Waals surface area contributed by atoms with Gasteiger partial charge in [0, 0.05) is 31.3 Å². The summed E-state index contributed by atoms with van der Waals surface area (Å²) in [4.78, 5) is 21.8. The molecule has 0 atom stereocenters. The third-order valence-corrected chi connectivity index (χ3v) is 6.16. The fourth-order valence-electron chi connectivity index (χ4n) is 2.98. The second-order valence-corrected chi connectivity index (χ2v) is 7.89. The molecule has 0 aromatic heterocycles. The molecule has 1 aliphatic heterocycles. The molecule has 0 bridgehead atoms. The van der Waals surface area contributed by atoms with Crippen LogP contribution in [0.3, 0.4) is 0 Å². The smallest absolute Gasteiger partial charge is 0.271 e. The van der Waals surface area contributed by atoms with E-state index in [9.17, 15) is 23.3 Å². The van der Waals surface area contributed by atoms with Crippen LogP contribution < -0.4 is 9.62 Å². The molecular weight excluding hydrogens is 358 g/mol. The number of amides is 1. The fourth-order valence-corrected chi connectivity index (χ4v) is 4.73. The van der Waals surface area contributed by atoms with Crippen LogP contribution in [-0.2, 0) is 21.2 Å². The van der Waals surface area contributed by atoms with E-state index in [2.05, 4.69) is 5.32 Å². The SMILES string of the molecule is CC(=O)Nc1ccc(C)c(S(=O)(=O)N2CCc3ccc([N+](=O)[O-])cc32)c1. The van der Waals surface area contributed by atoms with Gasteiger partial charge in [0.25, 0.3) is 15.7 Å². The topological polar surface area (TPSA) is 110 Å². The summed E-state index contributed by atoms with van der Waals surface area (Å²) in [5.74, 6) is -0.306. The van der Waals surface area contributed by atoms with E-state index >= 15 is 0 Å². The first kappa shape index (κ1) is 17.9. The number of nitro benzene ring substituents is 1. The maximum Gasteiger partial charge on any atom is 0.271 e. The maximum absolute atomic E-state index is 13.2. The number of hydrogen-bond acceptors (Lipinski definition) is 5. The zero-order chi connectivity index (χ0) is 19.1. The van der Waals surface area contributed by atoms with Crippen molar-refractivity contribution < 1.29 is 18.1 Å². The van der Waals surface area contributed by atoms with E-state index in [-0.39, 0.29) is 23.0 Å². The molecule has 1 N–H and O–H groups in total. The Bertz CT molecular complexity index is 1020. The lowest BCUT2D eigenvalue weighted by atomic mass is 10.1. The highest BCUT2D eigenvalue weighted by Gasteiger charge is 2.33. The van der Waals surface area contributed by atoms with Gasteiger partial charge in [-0.05, 0) is 36.6 Å². The average molecular weight is 375 g/mol. The second-order valence-electron chi connectivity index (χ2n) is 6.06. The first-order chi connectivity index (χ1) is 12.2. The number of nitrogens with zero attached hydrogens (tertiary/aromatic N) is 2. The second kappa shape index (κ2) is 6.41. The number of non-ortho nitro benzene ring substituents is 1. The number of carbonyl (C=O) groups excluding carboxylic acids is 1. The van der Waals surface area contributed by atoms with Gasteiger partial charge in [-0.15, -0.1) is 0 Å². The number of hydrogen-bond donors (Lipinski definition) is 1. The Kier molecular flexibility index (Phi) is 4.41. The van der Waals surface area contributed by atoms with Crippen molar-refractivity contribution >= 4 is 33.0 Å². The normalized spacial score (nSPS) is 13.4. The number of anilines is 2. The standard InChI is InChI=1S/C17H17N3O5S/c1-11-3-5-14(18-12(2)21)9-17(11)26(24,25)19-8-7-13-4-6-15(20(22)23)10-16(13)19/h3-6,9-10H,7-8H2,1-2H3,(H,18,21). The molecule has 2 aromatic rings. The Labute approximate surface area is 150 Å². The van der Waals surface area contributed by atoms with Crippen LogP contribution in [0.1, 0.15) is 18.1 Å². The minimum absolute atomic E-state index is 0.0584. The van der Waals surface area contributed by atoms with Gasteiger partial charge in [-0.2, -0.15) is 0 Å². The maximum atomic E-state index is 13.2. The van der Waals surface area contributed by atoms with Crippen molar-refractivity contribution in [2.75, 3.05) is 16.2 Å². The monoisotopic (exact) mass is 375 g/mol. The summed E-state index contributed by atoms with van der Waals surface area (Å²) in [6.45, 7) is 3.21. The molecule has 1 aliphatic rings. The van der Waals surface area contributed by atoms with Crippen molar-refractivity contribution in [3.8, 4) is 0 Å². The Morgan fingerprint density at radius 3 is 2.62 bits per heavy atom. The van der Waals surface area contributed by atoms with E-state index in [0.29, 0.717) is 23.4 Å². The minimum Gasteiger partial charge on any atom is -0.326 e. The number of nitrogens with one attached hydrogen (secondary N) is 1. The van der Waals surface area contributed by atoms with Crippen LogP contribution in [0.4, 0.5) is 17.1 Å². The molecule has 0 spiro atoms. The number of sulfonamides is 1. The lowest BCUT2D eigenvalue weighted by molar-refractivity contribution is -0.384. The van der Waals surface area contributed by atoms with Gasteiger partial charge in [0.15, 0.2) is 0 Å².